The average molecular weight is 377 g/mol. The molecule has 0 heterocycles. The number of unbranched alkanes of at least 4 members (excludes halogenated alkanes) is 1. The standard InChI is InChI=1S/C21H33F4N/c1-5-8-12-26(14-15(4)10-11-16(7-3)9-6-2)18-13-17(22)19(23)21(25)20(18)24/h13,15-16H,5-12,14H2,1-4H3/p+1. The van der Waals surface area contributed by atoms with Crippen LogP contribution in [0.3, 0.4) is 0 Å². The molecule has 3 unspecified atom stereocenters. The lowest BCUT2D eigenvalue weighted by molar-refractivity contribution is -0.838. The molecular weight excluding hydrogens is 342 g/mol. The molecule has 1 rings (SSSR count). The summed E-state index contributed by atoms with van der Waals surface area (Å²) in [6.45, 7) is 9.66. The molecule has 0 saturated heterocycles. The zero-order valence-electron chi connectivity index (χ0n) is 16.6. The van der Waals surface area contributed by atoms with Crippen LogP contribution in [-0.4, -0.2) is 13.1 Å². The average Bonchev–Trinajstić information content (AvgIpc) is 2.63. The Morgan fingerprint density at radius 1 is 0.885 bits per heavy atom. The van der Waals surface area contributed by atoms with Gasteiger partial charge >= 0.3 is 0 Å². The Balaban J connectivity index is 2.87. The predicted octanol–water partition coefficient (Wildman–Crippen LogP) is 5.80. The molecule has 3 atom stereocenters. The summed E-state index contributed by atoms with van der Waals surface area (Å²) >= 11 is 0. The maximum atomic E-state index is 14.2. The first-order chi connectivity index (χ1) is 12.3. The lowest BCUT2D eigenvalue weighted by Crippen LogP contribution is -3.08. The van der Waals surface area contributed by atoms with Crippen LogP contribution in [0, 0.1) is 35.1 Å². The van der Waals surface area contributed by atoms with E-state index in [1.54, 1.807) is 0 Å². The third-order valence-corrected chi connectivity index (χ3v) is 5.25. The molecule has 0 fully saturated rings. The van der Waals surface area contributed by atoms with Gasteiger partial charge in [-0.25, -0.2) is 13.2 Å². The zero-order valence-corrected chi connectivity index (χ0v) is 16.6. The molecule has 26 heavy (non-hydrogen) atoms. The molecule has 1 nitrogen and oxygen atoms in total. The highest BCUT2D eigenvalue weighted by molar-refractivity contribution is 5.33. The number of quaternary nitrogens is 1. The van der Waals surface area contributed by atoms with Gasteiger partial charge in [0, 0.05) is 12.0 Å². The normalized spacial score (nSPS) is 15.1. The molecule has 5 heteroatoms. The molecule has 0 aliphatic heterocycles. The first-order valence-corrected chi connectivity index (χ1v) is 10.0. The number of hydrogen-bond donors (Lipinski definition) is 1. The molecule has 150 valence electrons. The van der Waals surface area contributed by atoms with Gasteiger partial charge in [0.15, 0.2) is 17.3 Å². The summed E-state index contributed by atoms with van der Waals surface area (Å²) in [6, 6.07) is 0.817. The fraction of sp³-hybridized carbons (Fsp3) is 0.714. The highest BCUT2D eigenvalue weighted by Crippen LogP contribution is 2.22. The minimum Gasteiger partial charge on any atom is -0.300 e. The molecule has 0 bridgehead atoms. The second-order valence-electron chi connectivity index (χ2n) is 7.50. The van der Waals surface area contributed by atoms with E-state index in [4.69, 9.17) is 0 Å². The summed E-state index contributed by atoms with van der Waals surface area (Å²) < 4.78 is 54.8. The number of hydrogen-bond acceptors (Lipinski definition) is 0. The Morgan fingerprint density at radius 2 is 1.58 bits per heavy atom. The maximum Gasteiger partial charge on any atom is 0.222 e. The van der Waals surface area contributed by atoms with Crippen LogP contribution in [0.25, 0.3) is 0 Å². The molecule has 1 aromatic carbocycles. The minimum atomic E-state index is -1.74. The third kappa shape index (κ3) is 6.57. The first kappa shape index (κ1) is 22.9. The highest BCUT2D eigenvalue weighted by atomic mass is 19.2. The summed E-state index contributed by atoms with van der Waals surface area (Å²) in [6.07, 6.45) is 7.35. The van der Waals surface area contributed by atoms with E-state index in [2.05, 4.69) is 20.8 Å². The van der Waals surface area contributed by atoms with Crippen molar-refractivity contribution in [2.24, 2.45) is 11.8 Å². The largest absolute Gasteiger partial charge is 0.300 e. The van der Waals surface area contributed by atoms with Gasteiger partial charge in [-0.2, -0.15) is 4.39 Å². The van der Waals surface area contributed by atoms with Crippen molar-refractivity contribution in [2.45, 2.75) is 72.6 Å². The van der Waals surface area contributed by atoms with Gasteiger partial charge in [0.25, 0.3) is 0 Å². The van der Waals surface area contributed by atoms with Gasteiger partial charge in [0.2, 0.25) is 11.6 Å². The summed E-state index contributed by atoms with van der Waals surface area (Å²) in [5, 5.41) is 0. The van der Waals surface area contributed by atoms with Crippen LogP contribution >= 0.6 is 0 Å². The summed E-state index contributed by atoms with van der Waals surface area (Å²) in [5.41, 5.74) is -0.0951. The van der Waals surface area contributed by atoms with Gasteiger partial charge in [0.1, 0.15) is 0 Å². The van der Waals surface area contributed by atoms with Gasteiger partial charge in [-0.3, -0.25) is 4.90 Å². The van der Waals surface area contributed by atoms with E-state index in [1.165, 1.54) is 12.8 Å². The van der Waals surface area contributed by atoms with Crippen molar-refractivity contribution in [3.63, 3.8) is 0 Å². The molecule has 0 amide bonds. The number of halogens is 4. The van der Waals surface area contributed by atoms with Crippen LogP contribution in [0.2, 0.25) is 0 Å². The number of rotatable bonds is 12. The number of benzene rings is 1. The number of nitrogens with one attached hydrogen (secondary N) is 1. The van der Waals surface area contributed by atoms with Gasteiger partial charge in [-0.15, -0.1) is 0 Å². The SMILES string of the molecule is CCCC[NH+](CC(C)CCC(CC)CCC)c1cc(F)c(F)c(F)c1F. The van der Waals surface area contributed by atoms with Gasteiger partial charge < -0.3 is 0 Å². The molecule has 0 saturated carbocycles. The molecule has 0 aromatic heterocycles. The molecule has 1 aromatic rings. The van der Waals surface area contributed by atoms with E-state index >= 15 is 0 Å². The topological polar surface area (TPSA) is 4.44 Å². The summed E-state index contributed by atoms with van der Waals surface area (Å²) in [5.74, 6) is -5.05. The van der Waals surface area contributed by atoms with Gasteiger partial charge in [-0.05, 0) is 25.2 Å². The Bertz CT molecular complexity index is 547. The van der Waals surface area contributed by atoms with Crippen molar-refractivity contribution in [1.82, 2.24) is 0 Å². The Morgan fingerprint density at radius 3 is 2.15 bits per heavy atom. The predicted molar refractivity (Wildman–Crippen MR) is 98.6 cm³/mol. The molecule has 0 aliphatic carbocycles. The molecule has 0 aliphatic rings. The molecule has 0 spiro atoms. The van der Waals surface area contributed by atoms with E-state index in [1.807, 2.05) is 6.92 Å². The maximum absolute atomic E-state index is 14.2. The lowest BCUT2D eigenvalue weighted by atomic mass is 9.91. The van der Waals surface area contributed by atoms with Crippen molar-refractivity contribution in [3.05, 3.63) is 29.3 Å². The van der Waals surface area contributed by atoms with E-state index < -0.39 is 23.3 Å². The Labute approximate surface area is 155 Å². The van der Waals surface area contributed by atoms with Crippen molar-refractivity contribution in [1.29, 1.82) is 0 Å². The van der Waals surface area contributed by atoms with E-state index in [0.29, 0.717) is 29.8 Å². The van der Waals surface area contributed by atoms with E-state index in [-0.39, 0.29) is 5.69 Å². The zero-order chi connectivity index (χ0) is 19.7. The summed E-state index contributed by atoms with van der Waals surface area (Å²) in [4.78, 5) is 0.693. The van der Waals surface area contributed by atoms with Gasteiger partial charge in [0.05, 0.1) is 13.1 Å². The Hall–Kier alpha value is -1.10. The van der Waals surface area contributed by atoms with Crippen molar-refractivity contribution in [2.75, 3.05) is 13.1 Å². The first-order valence-electron chi connectivity index (χ1n) is 10.0. The Kier molecular flexibility index (Phi) is 10.2. The van der Waals surface area contributed by atoms with Crippen molar-refractivity contribution >= 4 is 5.69 Å². The smallest absolute Gasteiger partial charge is 0.222 e. The van der Waals surface area contributed by atoms with Crippen LogP contribution in [0.15, 0.2) is 6.07 Å². The fourth-order valence-corrected chi connectivity index (χ4v) is 3.57. The van der Waals surface area contributed by atoms with Crippen LogP contribution in [0.5, 0.6) is 0 Å². The molecular formula is C21H34F4N+. The highest BCUT2D eigenvalue weighted by Gasteiger charge is 2.27. The molecule has 1 N–H and O–H groups in total. The van der Waals surface area contributed by atoms with Gasteiger partial charge in [-0.1, -0.05) is 53.4 Å². The fourth-order valence-electron chi connectivity index (χ4n) is 3.57. The van der Waals surface area contributed by atoms with E-state index in [0.717, 1.165) is 38.2 Å². The molecule has 0 radical (unpaired) electrons. The second-order valence-corrected chi connectivity index (χ2v) is 7.50. The third-order valence-electron chi connectivity index (χ3n) is 5.25. The van der Waals surface area contributed by atoms with Crippen molar-refractivity contribution in [3.8, 4) is 0 Å². The quantitative estimate of drug-likeness (QED) is 0.267. The van der Waals surface area contributed by atoms with E-state index in [9.17, 15) is 17.6 Å². The second kappa shape index (κ2) is 11.6. The van der Waals surface area contributed by atoms with Crippen molar-refractivity contribution < 1.29 is 22.5 Å². The summed E-state index contributed by atoms with van der Waals surface area (Å²) in [7, 11) is 0. The van der Waals surface area contributed by atoms with Crippen LogP contribution in [0.1, 0.15) is 72.6 Å². The monoisotopic (exact) mass is 376 g/mol. The minimum absolute atomic E-state index is 0.0951. The van der Waals surface area contributed by atoms with Crippen LogP contribution in [-0.2, 0) is 0 Å². The van der Waals surface area contributed by atoms with Crippen LogP contribution < -0.4 is 4.90 Å². The lowest BCUT2D eigenvalue weighted by Gasteiger charge is -2.24. The van der Waals surface area contributed by atoms with Crippen LogP contribution in [0.4, 0.5) is 23.2 Å².